The van der Waals surface area contributed by atoms with Crippen LogP contribution in [-0.2, 0) is 15.7 Å². The van der Waals surface area contributed by atoms with Crippen molar-refractivity contribution >= 4 is 52.1 Å². The largest absolute Gasteiger partial charge is 0.478 e. The van der Waals surface area contributed by atoms with Crippen molar-refractivity contribution in [3.8, 4) is 17.2 Å². The van der Waals surface area contributed by atoms with Crippen LogP contribution >= 0.6 is 0 Å². The van der Waals surface area contributed by atoms with Crippen molar-refractivity contribution < 1.29 is 51.5 Å². The maximum atomic E-state index is 14.2. The second kappa shape index (κ2) is 11.8. The first-order chi connectivity index (χ1) is 20.4. The fourth-order valence-electron chi connectivity index (χ4n) is 3.98. The van der Waals surface area contributed by atoms with E-state index < -0.39 is 47.1 Å². The molecule has 220 valence electrons. The van der Waals surface area contributed by atoms with Crippen LogP contribution in [0.3, 0.4) is 0 Å². The van der Waals surface area contributed by atoms with Gasteiger partial charge in [-0.25, -0.2) is 14.4 Å². The van der Waals surface area contributed by atoms with E-state index in [1.165, 1.54) is 18.2 Å². The lowest BCUT2D eigenvalue weighted by molar-refractivity contribution is -0.137. The maximum Gasteiger partial charge on any atom is 0.417 e. The normalized spacial score (nSPS) is 10.9. The van der Waals surface area contributed by atoms with Gasteiger partial charge in [-0.3, -0.25) is 15.4 Å². The molecule has 43 heavy (non-hydrogen) atoms. The molecule has 0 fully saturated rings. The summed E-state index contributed by atoms with van der Waals surface area (Å²) >= 11 is 0. The molecule has 3 amide bonds. The second-order valence-corrected chi connectivity index (χ2v) is 8.55. The number of anilines is 3. The monoisotopic (exact) mass is 597 g/mol. The number of alkyl halides is 3. The molecule has 1 heterocycles. The SMILES string of the molecule is COC(=O)Nc1ccc(-c2cc3onc(C(=O)Nc4ccc(C#N)cc4C(=O)O)c3cc2NC(=O)OC)c(C(F)(F)F)c1. The number of carboxylic acids is 1. The first-order valence-corrected chi connectivity index (χ1v) is 11.8. The second-order valence-electron chi connectivity index (χ2n) is 8.55. The number of carbonyl (C=O) groups excluding carboxylic acids is 3. The highest BCUT2D eigenvalue weighted by atomic mass is 19.4. The summed E-state index contributed by atoms with van der Waals surface area (Å²) in [4.78, 5) is 48.4. The Bertz CT molecular complexity index is 1830. The van der Waals surface area contributed by atoms with E-state index in [1.54, 1.807) is 6.07 Å². The van der Waals surface area contributed by atoms with Crippen LogP contribution in [0.1, 0.15) is 32.0 Å². The zero-order valence-corrected chi connectivity index (χ0v) is 22.0. The quantitative estimate of drug-likeness (QED) is 0.214. The fourth-order valence-corrected chi connectivity index (χ4v) is 3.98. The Kier molecular flexibility index (Phi) is 8.18. The summed E-state index contributed by atoms with van der Waals surface area (Å²) in [6.07, 6.45) is -6.99. The molecule has 0 spiro atoms. The highest BCUT2D eigenvalue weighted by Gasteiger charge is 2.35. The standard InChI is InChI=1S/C27H18F3N5O8/c1-41-25(39)32-13-4-5-14(18(8-13)27(28,29)30)15-10-21-17(9-20(15)34-26(40)42-2)22(35-43-21)23(36)33-19-6-3-12(11-31)7-16(19)24(37)38/h3-10H,1-2H3,(H,32,39)(H,33,36)(H,34,40)(H,37,38). The number of amides is 3. The van der Waals surface area contributed by atoms with Crippen molar-refractivity contribution in [2.45, 2.75) is 6.18 Å². The molecule has 0 aliphatic rings. The van der Waals surface area contributed by atoms with Gasteiger partial charge in [0.15, 0.2) is 11.3 Å². The van der Waals surface area contributed by atoms with Gasteiger partial charge in [0.2, 0.25) is 0 Å². The number of carbonyl (C=O) groups is 4. The molecule has 4 rings (SSSR count). The number of aromatic carboxylic acids is 1. The first kappa shape index (κ1) is 29.9. The van der Waals surface area contributed by atoms with Crippen molar-refractivity contribution in [2.24, 2.45) is 0 Å². The molecule has 0 unspecified atom stereocenters. The third-order valence-corrected chi connectivity index (χ3v) is 5.92. The van der Waals surface area contributed by atoms with E-state index in [4.69, 9.17) is 9.78 Å². The molecule has 13 nitrogen and oxygen atoms in total. The number of rotatable bonds is 6. The summed E-state index contributed by atoms with van der Waals surface area (Å²) in [6.45, 7) is 0. The molecule has 0 aliphatic heterocycles. The predicted octanol–water partition coefficient (Wildman–Crippen LogP) is 5.69. The van der Waals surface area contributed by atoms with Gasteiger partial charge in [0.05, 0.1) is 53.7 Å². The van der Waals surface area contributed by atoms with Gasteiger partial charge in [-0.1, -0.05) is 11.2 Å². The number of aromatic nitrogens is 1. The topological polar surface area (TPSA) is 193 Å². The van der Waals surface area contributed by atoms with E-state index in [9.17, 15) is 37.5 Å². The number of halogens is 3. The van der Waals surface area contributed by atoms with Gasteiger partial charge in [0.1, 0.15) is 0 Å². The highest BCUT2D eigenvalue weighted by Crippen LogP contribution is 2.43. The number of nitriles is 1. The summed E-state index contributed by atoms with van der Waals surface area (Å²) in [5, 5.41) is 28.9. The molecular weight excluding hydrogens is 579 g/mol. The molecule has 0 saturated carbocycles. The average molecular weight is 597 g/mol. The molecule has 0 aliphatic carbocycles. The van der Waals surface area contributed by atoms with E-state index >= 15 is 0 Å². The van der Waals surface area contributed by atoms with Gasteiger partial charge in [0.25, 0.3) is 5.91 Å². The lowest BCUT2D eigenvalue weighted by Crippen LogP contribution is -2.16. The first-order valence-electron chi connectivity index (χ1n) is 11.8. The lowest BCUT2D eigenvalue weighted by atomic mass is 9.95. The van der Waals surface area contributed by atoms with Crippen LogP contribution in [0.5, 0.6) is 0 Å². The van der Waals surface area contributed by atoms with E-state index in [0.717, 1.165) is 38.5 Å². The summed E-state index contributed by atoms with van der Waals surface area (Å²) < 4.78 is 56.7. The number of ether oxygens (including phenoxy) is 2. The zero-order valence-electron chi connectivity index (χ0n) is 22.0. The molecule has 0 atom stereocenters. The Labute approximate surface area is 238 Å². The highest BCUT2D eigenvalue weighted by molar-refractivity contribution is 6.14. The van der Waals surface area contributed by atoms with Gasteiger partial charge in [-0.05, 0) is 48.0 Å². The van der Waals surface area contributed by atoms with Crippen molar-refractivity contribution in [3.05, 3.63) is 70.9 Å². The van der Waals surface area contributed by atoms with Crippen molar-refractivity contribution in [2.75, 3.05) is 30.2 Å². The number of nitrogens with zero attached hydrogens (tertiary/aromatic N) is 2. The van der Waals surface area contributed by atoms with Crippen LogP contribution in [0.25, 0.3) is 22.1 Å². The van der Waals surface area contributed by atoms with Crippen molar-refractivity contribution in [1.29, 1.82) is 5.26 Å². The predicted molar refractivity (Wildman–Crippen MR) is 143 cm³/mol. The molecule has 16 heteroatoms. The van der Waals surface area contributed by atoms with E-state index in [1.807, 2.05) is 0 Å². The molecule has 4 aromatic rings. The summed E-state index contributed by atoms with van der Waals surface area (Å²) in [5.74, 6) is -2.39. The van der Waals surface area contributed by atoms with E-state index in [0.29, 0.717) is 6.07 Å². The molecule has 0 saturated heterocycles. The molecule has 4 N–H and O–H groups in total. The van der Waals surface area contributed by atoms with Crippen LogP contribution < -0.4 is 16.0 Å². The zero-order chi connectivity index (χ0) is 31.5. The van der Waals surface area contributed by atoms with Gasteiger partial charge < -0.3 is 24.4 Å². The van der Waals surface area contributed by atoms with Gasteiger partial charge in [-0.15, -0.1) is 0 Å². The molecular formula is C27H18F3N5O8. The number of hydrogen-bond acceptors (Lipinski definition) is 9. The maximum absolute atomic E-state index is 14.2. The Hall–Kier alpha value is -6.11. The Balaban J connectivity index is 1.84. The van der Waals surface area contributed by atoms with Crippen LogP contribution in [0.2, 0.25) is 0 Å². The number of nitrogens with one attached hydrogen (secondary N) is 3. The van der Waals surface area contributed by atoms with E-state index in [-0.39, 0.29) is 44.7 Å². The lowest BCUT2D eigenvalue weighted by Gasteiger charge is -2.18. The molecule has 1 aromatic heterocycles. The summed E-state index contributed by atoms with van der Waals surface area (Å²) in [7, 11) is 2.06. The number of hydrogen-bond donors (Lipinski definition) is 4. The van der Waals surface area contributed by atoms with Gasteiger partial charge in [-0.2, -0.15) is 18.4 Å². The van der Waals surface area contributed by atoms with Crippen LogP contribution in [-0.4, -0.2) is 48.5 Å². The van der Waals surface area contributed by atoms with Gasteiger partial charge in [0, 0.05) is 11.3 Å². The number of carboxylic acid groups (broad SMARTS) is 1. The van der Waals surface area contributed by atoms with Gasteiger partial charge >= 0.3 is 24.3 Å². The van der Waals surface area contributed by atoms with Crippen LogP contribution in [0.4, 0.5) is 39.8 Å². The minimum atomic E-state index is -4.93. The Morgan fingerprint density at radius 1 is 0.907 bits per heavy atom. The third-order valence-electron chi connectivity index (χ3n) is 5.92. The number of fused-ring (bicyclic) bond motifs is 1. The van der Waals surface area contributed by atoms with Crippen molar-refractivity contribution in [3.63, 3.8) is 0 Å². The Morgan fingerprint density at radius 2 is 1.60 bits per heavy atom. The number of benzene rings is 3. The van der Waals surface area contributed by atoms with E-state index in [2.05, 4.69) is 30.6 Å². The Morgan fingerprint density at radius 3 is 2.23 bits per heavy atom. The fraction of sp³-hybridized carbons (Fsp3) is 0.111. The molecule has 3 aromatic carbocycles. The van der Waals surface area contributed by atoms with Crippen molar-refractivity contribution in [1.82, 2.24) is 5.16 Å². The summed E-state index contributed by atoms with van der Waals surface area (Å²) in [5.41, 5.74) is -3.42. The average Bonchev–Trinajstić information content (AvgIpc) is 3.39. The third kappa shape index (κ3) is 6.30. The molecule has 0 bridgehead atoms. The minimum Gasteiger partial charge on any atom is -0.478 e. The minimum absolute atomic E-state index is 0.0284. The molecule has 0 radical (unpaired) electrons. The summed E-state index contributed by atoms with van der Waals surface area (Å²) in [6, 6.07) is 10.4. The number of methoxy groups -OCH3 is 2. The van der Waals surface area contributed by atoms with Crippen LogP contribution in [0.15, 0.2) is 53.1 Å². The van der Waals surface area contributed by atoms with Crippen LogP contribution in [0, 0.1) is 11.3 Å². The smallest absolute Gasteiger partial charge is 0.417 e.